The molecule has 1 fully saturated rings. The summed E-state index contributed by atoms with van der Waals surface area (Å²) in [5.41, 5.74) is 1.00. The van der Waals surface area contributed by atoms with Crippen LogP contribution in [0.5, 0.6) is 0 Å². The minimum absolute atomic E-state index is 0.154. The normalized spacial score (nSPS) is 15.8. The Morgan fingerprint density at radius 1 is 0.962 bits per heavy atom. The Morgan fingerprint density at radius 2 is 1.58 bits per heavy atom. The van der Waals surface area contributed by atoms with Crippen LogP contribution >= 0.6 is 7.60 Å². The topological polar surface area (TPSA) is 178 Å². The van der Waals surface area contributed by atoms with Crippen LogP contribution in [0.2, 0.25) is 0 Å². The molecule has 1 aromatic heterocycles. The maximum atomic E-state index is 14.7. The number of carbonyl (C=O) groups excluding carboxylic acids is 5. The van der Waals surface area contributed by atoms with Gasteiger partial charge in [-0.3, -0.25) is 28.0 Å². The molecule has 1 aliphatic rings. The van der Waals surface area contributed by atoms with E-state index in [1.807, 2.05) is 0 Å². The van der Waals surface area contributed by atoms with Crippen molar-refractivity contribution >= 4 is 53.7 Å². The van der Waals surface area contributed by atoms with Crippen molar-refractivity contribution in [1.82, 2.24) is 14.8 Å². The number of Topliss-reactive ketones (excluding diaryl/α,β-unsaturated/α-hetero) is 1. The Labute approximate surface area is 304 Å². The molecular weight excluding hydrogens is 723 g/mol. The number of alkyl halides is 1. The molecule has 0 radical (unpaired) electrons. The number of nitrogens with one attached hydrogen (secondary N) is 1. The minimum atomic E-state index is -4.51. The van der Waals surface area contributed by atoms with Gasteiger partial charge in [0.15, 0.2) is 5.78 Å². The van der Waals surface area contributed by atoms with Crippen molar-refractivity contribution in [3.8, 4) is 0 Å². The summed E-state index contributed by atoms with van der Waals surface area (Å²) in [5.74, 6) is -2.20. The van der Waals surface area contributed by atoms with Gasteiger partial charge in [0.1, 0.15) is 24.6 Å². The lowest BCUT2D eigenvalue weighted by molar-refractivity contribution is -0.139. The summed E-state index contributed by atoms with van der Waals surface area (Å²) in [6, 6.07) is 7.57. The number of rotatable bonds is 15. The van der Waals surface area contributed by atoms with E-state index in [4.69, 9.17) is 28.0 Å². The second-order valence-electron chi connectivity index (χ2n) is 12.7. The van der Waals surface area contributed by atoms with Crippen LogP contribution in [0.3, 0.4) is 0 Å². The second kappa shape index (κ2) is 17.8. The molecule has 0 unspecified atom stereocenters. The zero-order valence-corrected chi connectivity index (χ0v) is 31.0. The Bertz CT molecular complexity index is 1870. The van der Waals surface area contributed by atoms with E-state index >= 15 is 0 Å². The van der Waals surface area contributed by atoms with Crippen molar-refractivity contribution in [2.24, 2.45) is 0 Å². The first-order chi connectivity index (χ1) is 25.0. The quantitative estimate of drug-likeness (QED) is 0.0899. The van der Waals surface area contributed by atoms with Gasteiger partial charge in [-0.25, -0.2) is 18.4 Å². The zero-order chi connectivity index (χ0) is 39.0. The maximum Gasteiger partial charge on any atom is 0.510 e. The summed E-state index contributed by atoms with van der Waals surface area (Å²) in [5, 5.41) is 2.78. The molecule has 1 aliphatic heterocycles. The number of carbonyl (C=O) groups is 5. The number of aryl methyl sites for hydroxylation is 1. The first-order valence-electron chi connectivity index (χ1n) is 16.6. The number of aromatic nitrogens is 1. The molecule has 2 atom stereocenters. The van der Waals surface area contributed by atoms with E-state index in [1.54, 1.807) is 46.8 Å². The number of hydrogen-bond donors (Lipinski definition) is 1. The van der Waals surface area contributed by atoms with Crippen LogP contribution in [-0.2, 0) is 55.2 Å². The van der Waals surface area contributed by atoms with E-state index in [9.17, 15) is 37.3 Å². The largest absolute Gasteiger partial charge is 0.510 e. The highest BCUT2D eigenvalue weighted by Crippen LogP contribution is 2.47. The van der Waals surface area contributed by atoms with Gasteiger partial charge in [-0.05, 0) is 59.2 Å². The average Bonchev–Trinajstić information content (AvgIpc) is 3.65. The highest BCUT2D eigenvalue weighted by atomic mass is 31.2. The summed E-state index contributed by atoms with van der Waals surface area (Å²) in [7, 11) is -4.51. The van der Waals surface area contributed by atoms with Gasteiger partial charge < -0.3 is 33.7 Å². The highest BCUT2D eigenvalue weighted by Gasteiger charge is 2.40. The Balaban J connectivity index is 1.60. The molecule has 1 saturated heterocycles. The summed E-state index contributed by atoms with van der Waals surface area (Å²) < 4.78 is 74.9. The van der Waals surface area contributed by atoms with E-state index in [2.05, 4.69) is 5.32 Å². The molecule has 1 N–H and O–H groups in total. The van der Waals surface area contributed by atoms with Gasteiger partial charge in [0.05, 0.1) is 29.6 Å². The Morgan fingerprint density at radius 3 is 2.17 bits per heavy atom. The first-order valence-corrected chi connectivity index (χ1v) is 18.2. The van der Waals surface area contributed by atoms with Gasteiger partial charge in [-0.2, -0.15) is 0 Å². The zero-order valence-electron chi connectivity index (χ0n) is 30.1. The van der Waals surface area contributed by atoms with Gasteiger partial charge in [0, 0.05) is 35.7 Å². The van der Waals surface area contributed by atoms with E-state index in [-0.39, 0.29) is 47.2 Å². The number of nitrogens with zero attached hydrogens (tertiary/aromatic N) is 2. The monoisotopic (exact) mass is 765 g/mol. The third-order valence-corrected chi connectivity index (χ3v) is 9.73. The number of amides is 2. The number of likely N-dealkylation sites (tertiary alicyclic amines) is 1. The van der Waals surface area contributed by atoms with Crippen molar-refractivity contribution in [2.45, 2.75) is 85.5 Å². The number of ether oxygens (including phenoxy) is 4. The molecule has 3 aromatic rings. The standard InChI is InChI=1S/C35H42F2N3O12P/c1-20(2)51-34(44)47-18-49-53(46,50-19-48-35(45)52-21(3)4)26-10-11-27-28(23(6)41)16-39(29(27)13-26)17-31(42)40-15-25(36)12-30(40)33(43)38-14-24-9-7-8-22(5)32(24)37/h7-11,13,16,20-21,25,30H,12,14-15,17-19H2,1-6H3,(H,38,43)/t25-,30+/m1/s1. The molecule has 2 heterocycles. The number of fused-ring (bicyclic) bond motifs is 1. The highest BCUT2D eigenvalue weighted by molar-refractivity contribution is 7.62. The molecule has 2 amide bonds. The summed E-state index contributed by atoms with van der Waals surface area (Å²) in [6.45, 7) is 6.36. The van der Waals surface area contributed by atoms with Crippen molar-refractivity contribution in [3.05, 3.63) is 65.1 Å². The first kappa shape index (κ1) is 40.9. The molecule has 0 bridgehead atoms. The molecular formula is C35H42F2N3O12P. The lowest BCUT2D eigenvalue weighted by Crippen LogP contribution is -2.46. The lowest BCUT2D eigenvalue weighted by Gasteiger charge is -2.24. The predicted octanol–water partition coefficient (Wildman–Crippen LogP) is 5.44. The molecule has 2 aromatic carbocycles. The third-order valence-electron chi connectivity index (χ3n) is 7.93. The van der Waals surface area contributed by atoms with E-state index in [0.29, 0.717) is 10.9 Å². The fourth-order valence-corrected chi connectivity index (χ4v) is 6.77. The smallest absolute Gasteiger partial charge is 0.432 e. The van der Waals surface area contributed by atoms with Crippen molar-refractivity contribution < 1.29 is 65.3 Å². The van der Waals surface area contributed by atoms with Gasteiger partial charge >= 0.3 is 19.9 Å². The van der Waals surface area contributed by atoms with Gasteiger partial charge in [-0.15, -0.1) is 0 Å². The van der Waals surface area contributed by atoms with E-state index < -0.39 is 82.1 Å². The Kier molecular flexibility index (Phi) is 13.7. The minimum Gasteiger partial charge on any atom is -0.432 e. The van der Waals surface area contributed by atoms with Gasteiger partial charge in [0.25, 0.3) is 0 Å². The number of halogens is 2. The van der Waals surface area contributed by atoms with E-state index in [1.165, 1.54) is 42.0 Å². The molecule has 18 heteroatoms. The molecule has 0 spiro atoms. The van der Waals surface area contributed by atoms with Crippen LogP contribution in [0.25, 0.3) is 10.9 Å². The van der Waals surface area contributed by atoms with Crippen molar-refractivity contribution in [2.75, 3.05) is 20.1 Å². The second-order valence-corrected chi connectivity index (χ2v) is 14.7. The van der Waals surface area contributed by atoms with Crippen LogP contribution in [0.15, 0.2) is 42.6 Å². The summed E-state index contributed by atoms with van der Waals surface area (Å²) >= 11 is 0. The molecule has 288 valence electrons. The number of benzene rings is 2. The molecule has 4 rings (SSSR count). The summed E-state index contributed by atoms with van der Waals surface area (Å²) in [6.07, 6.45) is -3.69. The molecule has 0 saturated carbocycles. The number of hydrogen-bond acceptors (Lipinski definition) is 12. The van der Waals surface area contributed by atoms with Crippen LogP contribution < -0.4 is 10.6 Å². The van der Waals surface area contributed by atoms with Crippen LogP contribution in [0.4, 0.5) is 18.4 Å². The predicted molar refractivity (Wildman–Crippen MR) is 184 cm³/mol. The van der Waals surface area contributed by atoms with Gasteiger partial charge in [0.2, 0.25) is 25.4 Å². The van der Waals surface area contributed by atoms with E-state index in [0.717, 1.165) is 4.90 Å². The van der Waals surface area contributed by atoms with Gasteiger partial charge in [-0.1, -0.05) is 24.3 Å². The fourth-order valence-electron chi connectivity index (χ4n) is 5.48. The fraction of sp³-hybridized carbons (Fsp3) is 0.457. The molecule has 15 nitrogen and oxygen atoms in total. The average molecular weight is 766 g/mol. The van der Waals surface area contributed by atoms with Crippen LogP contribution in [0.1, 0.15) is 62.5 Å². The molecule has 53 heavy (non-hydrogen) atoms. The van der Waals surface area contributed by atoms with Crippen molar-refractivity contribution in [3.63, 3.8) is 0 Å². The Hall–Kier alpha value is -4.86. The summed E-state index contributed by atoms with van der Waals surface area (Å²) in [4.78, 5) is 64.4. The maximum absolute atomic E-state index is 14.7. The number of ketones is 1. The van der Waals surface area contributed by atoms with Crippen LogP contribution in [-0.4, -0.2) is 83.9 Å². The molecule has 0 aliphatic carbocycles. The third kappa shape index (κ3) is 10.6. The van der Waals surface area contributed by atoms with Crippen LogP contribution in [0, 0.1) is 12.7 Å². The SMILES string of the molecule is CC(=O)c1cn(CC(=O)N2C[C@H](F)C[C@H]2C(=O)NCc2cccc(C)c2F)c2cc(P(=O)(OCOC(=O)OC(C)C)OCOC(=O)OC(C)C)ccc12. The lowest BCUT2D eigenvalue weighted by atomic mass is 10.1. The van der Waals surface area contributed by atoms with Crippen molar-refractivity contribution in [1.29, 1.82) is 0 Å².